The van der Waals surface area contributed by atoms with Crippen LogP contribution in [0.25, 0.3) is 22.3 Å². The number of fused-ring (bicyclic) bond motifs is 4. The van der Waals surface area contributed by atoms with Gasteiger partial charge in [0.05, 0.1) is 11.4 Å². The Labute approximate surface area is 331 Å². The number of anilines is 6. The van der Waals surface area contributed by atoms with Gasteiger partial charge in [-0.2, -0.15) is 0 Å². The minimum Gasteiger partial charge on any atom is -0.311 e. The van der Waals surface area contributed by atoms with Crippen molar-refractivity contribution in [1.29, 1.82) is 0 Å². The largest absolute Gasteiger partial charge is 0.311 e. The van der Waals surface area contributed by atoms with E-state index in [0.717, 1.165) is 56.4 Å². The molecule has 0 spiro atoms. The van der Waals surface area contributed by atoms with Crippen LogP contribution in [-0.4, -0.2) is 6.71 Å². The molecular weight excluding hydrogens is 733 g/mol. The second-order valence-corrected chi connectivity index (χ2v) is 16.5. The van der Waals surface area contributed by atoms with Gasteiger partial charge >= 0.3 is 0 Å². The topological polar surface area (TPSA) is 6.48 Å². The van der Waals surface area contributed by atoms with E-state index in [1.807, 2.05) is 48.5 Å². The maximum absolute atomic E-state index is 6.91. The highest BCUT2D eigenvalue weighted by atomic mass is 35.5. The van der Waals surface area contributed by atoms with Crippen molar-refractivity contribution in [3.63, 3.8) is 0 Å². The zero-order chi connectivity index (χ0) is 36.6. The standard InChI is InChI=1S/C46H33BCl4N2/c1-46(2,3)30-24-43-45-44(25-30)53(40-17-7-5-15-36(40)29-11-9-13-32(49)23-29)42-27-34(51)19-21-38(42)47(45)37-20-18-33(50)26-41(37)52(43)39-16-6-4-14-35(39)28-10-8-12-31(48)22-28/h4-27H,1-3H3. The van der Waals surface area contributed by atoms with Crippen LogP contribution in [0.15, 0.2) is 146 Å². The third-order valence-electron chi connectivity index (χ3n) is 10.4. The number of hydrogen-bond acceptors (Lipinski definition) is 2. The average Bonchev–Trinajstić information content (AvgIpc) is 3.14. The molecule has 7 aromatic rings. The van der Waals surface area contributed by atoms with Crippen LogP contribution < -0.4 is 26.2 Å². The molecule has 2 aliphatic rings. The SMILES string of the molecule is CC(C)(C)c1cc2c3c(c1)N(c1ccccc1-c1cccc(Cl)c1)c1cc(Cl)ccc1B3c1ccc(Cl)cc1N2c1ccccc1-c1cccc(Cl)c1. The van der Waals surface area contributed by atoms with Crippen LogP contribution >= 0.6 is 46.4 Å². The number of para-hydroxylation sites is 2. The summed E-state index contributed by atoms with van der Waals surface area (Å²) in [6.45, 7) is 6.73. The van der Waals surface area contributed by atoms with Crippen molar-refractivity contribution in [3.8, 4) is 22.3 Å². The van der Waals surface area contributed by atoms with E-state index in [1.165, 1.54) is 22.0 Å². The zero-order valence-corrected chi connectivity index (χ0v) is 32.4. The maximum Gasteiger partial charge on any atom is 0.252 e. The summed E-state index contributed by atoms with van der Waals surface area (Å²) in [6.07, 6.45) is 0. The summed E-state index contributed by atoms with van der Waals surface area (Å²) in [6, 6.07) is 50.6. The number of hydrogen-bond donors (Lipinski definition) is 0. The highest BCUT2D eigenvalue weighted by molar-refractivity contribution is 7.00. The fraction of sp³-hybridized carbons (Fsp3) is 0.0870. The molecule has 0 radical (unpaired) electrons. The normalized spacial score (nSPS) is 13.1. The predicted octanol–water partition coefficient (Wildman–Crippen LogP) is 13.0. The third-order valence-corrected chi connectivity index (χ3v) is 11.4. The Morgan fingerprint density at radius 3 is 1.28 bits per heavy atom. The van der Waals surface area contributed by atoms with Crippen molar-refractivity contribution < 1.29 is 0 Å². The molecule has 0 aromatic heterocycles. The molecule has 0 saturated carbocycles. The van der Waals surface area contributed by atoms with Crippen LogP contribution in [0.3, 0.4) is 0 Å². The van der Waals surface area contributed by atoms with Crippen molar-refractivity contribution in [3.05, 3.63) is 171 Å². The second kappa shape index (κ2) is 13.0. The van der Waals surface area contributed by atoms with Crippen LogP contribution in [0, 0.1) is 0 Å². The van der Waals surface area contributed by atoms with Gasteiger partial charge in [-0.05, 0) is 111 Å². The second-order valence-electron chi connectivity index (χ2n) is 14.7. The molecule has 9 rings (SSSR count). The Kier molecular flexibility index (Phi) is 8.40. The Morgan fingerprint density at radius 1 is 0.415 bits per heavy atom. The first-order chi connectivity index (χ1) is 25.6. The van der Waals surface area contributed by atoms with Crippen molar-refractivity contribution in [2.45, 2.75) is 26.2 Å². The van der Waals surface area contributed by atoms with Crippen LogP contribution in [0.1, 0.15) is 26.3 Å². The third kappa shape index (κ3) is 5.82. The molecule has 53 heavy (non-hydrogen) atoms. The molecular formula is C46H33BCl4N2. The lowest BCUT2D eigenvalue weighted by atomic mass is 9.33. The van der Waals surface area contributed by atoms with Crippen molar-refractivity contribution in [1.82, 2.24) is 0 Å². The van der Waals surface area contributed by atoms with Gasteiger partial charge in [0.25, 0.3) is 6.71 Å². The van der Waals surface area contributed by atoms with E-state index in [4.69, 9.17) is 46.4 Å². The van der Waals surface area contributed by atoms with E-state index < -0.39 is 0 Å². The van der Waals surface area contributed by atoms with E-state index >= 15 is 0 Å². The number of halogens is 4. The number of benzene rings is 7. The molecule has 0 unspecified atom stereocenters. The van der Waals surface area contributed by atoms with E-state index in [1.54, 1.807) is 0 Å². The van der Waals surface area contributed by atoms with E-state index in [2.05, 4.69) is 128 Å². The van der Waals surface area contributed by atoms with Gasteiger partial charge in [0.1, 0.15) is 0 Å². The minimum absolute atomic E-state index is 0.0854. The van der Waals surface area contributed by atoms with Crippen LogP contribution in [0.2, 0.25) is 20.1 Å². The molecule has 0 saturated heterocycles. The lowest BCUT2D eigenvalue weighted by molar-refractivity contribution is 0.590. The number of rotatable bonds is 4. The summed E-state index contributed by atoms with van der Waals surface area (Å²) in [4.78, 5) is 4.81. The predicted molar refractivity (Wildman–Crippen MR) is 230 cm³/mol. The molecule has 0 N–H and O–H groups in total. The van der Waals surface area contributed by atoms with Crippen molar-refractivity contribution >= 4 is 104 Å². The first-order valence-electron chi connectivity index (χ1n) is 17.6. The first-order valence-corrected chi connectivity index (χ1v) is 19.2. The smallest absolute Gasteiger partial charge is 0.252 e. The molecule has 0 bridgehead atoms. The molecule has 0 fully saturated rings. The molecule has 0 amide bonds. The van der Waals surface area contributed by atoms with Crippen molar-refractivity contribution in [2.24, 2.45) is 0 Å². The summed E-state index contributed by atoms with van der Waals surface area (Å²) in [5, 5.41) is 2.73. The van der Waals surface area contributed by atoms with Crippen LogP contribution in [0.5, 0.6) is 0 Å². The lowest BCUT2D eigenvalue weighted by Crippen LogP contribution is -2.61. The Morgan fingerprint density at radius 2 is 0.849 bits per heavy atom. The van der Waals surface area contributed by atoms with Crippen LogP contribution in [-0.2, 0) is 5.41 Å². The summed E-state index contributed by atoms with van der Waals surface area (Å²) < 4.78 is 0. The van der Waals surface area contributed by atoms with Crippen molar-refractivity contribution in [2.75, 3.05) is 9.80 Å². The molecule has 2 aliphatic heterocycles. The summed E-state index contributed by atoms with van der Waals surface area (Å²) in [7, 11) is 0. The van der Waals surface area contributed by atoms with E-state index in [9.17, 15) is 0 Å². The van der Waals surface area contributed by atoms with Gasteiger partial charge in [0.2, 0.25) is 0 Å². The Hall–Kier alpha value is -4.64. The van der Waals surface area contributed by atoms with E-state index in [-0.39, 0.29) is 12.1 Å². The van der Waals surface area contributed by atoms with Gasteiger partial charge in [-0.25, -0.2) is 0 Å². The summed E-state index contributed by atoms with van der Waals surface area (Å²) in [5.41, 5.74) is 15.1. The summed E-state index contributed by atoms with van der Waals surface area (Å²) in [5.74, 6) is 0. The molecule has 258 valence electrons. The Balaban J connectivity index is 1.41. The lowest BCUT2D eigenvalue weighted by Gasteiger charge is -2.45. The van der Waals surface area contributed by atoms with Crippen LogP contribution in [0.4, 0.5) is 34.1 Å². The Bertz CT molecular complexity index is 2430. The minimum atomic E-state index is -0.180. The molecule has 2 nitrogen and oxygen atoms in total. The van der Waals surface area contributed by atoms with Gasteiger partial charge in [-0.3, -0.25) is 0 Å². The summed E-state index contributed by atoms with van der Waals surface area (Å²) >= 11 is 27.0. The molecule has 2 heterocycles. The highest BCUT2D eigenvalue weighted by Crippen LogP contribution is 2.50. The number of nitrogens with zero attached hydrogens (tertiary/aromatic N) is 2. The van der Waals surface area contributed by atoms with E-state index in [0.29, 0.717) is 20.1 Å². The quantitative estimate of drug-likeness (QED) is 0.165. The monoisotopic (exact) mass is 764 g/mol. The zero-order valence-electron chi connectivity index (χ0n) is 29.3. The molecule has 7 aromatic carbocycles. The first kappa shape index (κ1) is 34.2. The molecule has 7 heteroatoms. The van der Waals surface area contributed by atoms with Gasteiger partial charge in [0.15, 0.2) is 0 Å². The maximum atomic E-state index is 6.91. The molecule has 0 atom stereocenters. The molecule has 0 aliphatic carbocycles. The highest BCUT2D eigenvalue weighted by Gasteiger charge is 2.44. The fourth-order valence-electron chi connectivity index (χ4n) is 8.03. The fourth-order valence-corrected chi connectivity index (χ4v) is 8.74. The van der Waals surface area contributed by atoms with Gasteiger partial charge in [-0.15, -0.1) is 0 Å². The van der Waals surface area contributed by atoms with Gasteiger partial charge < -0.3 is 9.80 Å². The average molecular weight is 766 g/mol. The van der Waals surface area contributed by atoms with Gasteiger partial charge in [0, 0.05) is 54.0 Å². The van der Waals surface area contributed by atoms with Gasteiger partial charge in [-0.1, -0.05) is 140 Å².